The van der Waals surface area contributed by atoms with Crippen LogP contribution in [0.1, 0.15) is 27.7 Å². The highest BCUT2D eigenvalue weighted by molar-refractivity contribution is 6.74. The fourth-order valence-corrected chi connectivity index (χ4v) is 2.01. The van der Waals surface area contributed by atoms with E-state index in [9.17, 15) is 4.79 Å². The average molecular weight is 230 g/mol. The van der Waals surface area contributed by atoms with Crippen molar-refractivity contribution in [3.63, 3.8) is 0 Å². The molecular formula is C11H22O3Si. The molecule has 0 bridgehead atoms. The summed E-state index contributed by atoms with van der Waals surface area (Å²) in [5, 5.41) is 9.01. The summed E-state index contributed by atoms with van der Waals surface area (Å²) in [4.78, 5) is 10.9. The van der Waals surface area contributed by atoms with Gasteiger partial charge >= 0.3 is 5.97 Å². The topological polar surface area (TPSA) is 46.5 Å². The Labute approximate surface area is 93.3 Å². The maximum Gasteiger partial charge on any atom is 0.335 e. The minimum absolute atomic E-state index is 0.0300. The minimum atomic E-state index is -2.00. The van der Waals surface area contributed by atoms with Crippen LogP contribution in [0, 0.1) is 0 Å². The molecule has 0 heterocycles. The zero-order chi connectivity index (χ0) is 12.3. The lowest BCUT2D eigenvalue weighted by Gasteiger charge is -2.37. The van der Waals surface area contributed by atoms with Gasteiger partial charge in [-0.15, -0.1) is 0 Å². The summed E-state index contributed by atoms with van der Waals surface area (Å²) in [5.74, 6) is -0.919. The zero-order valence-electron chi connectivity index (χ0n) is 10.5. The fourth-order valence-electron chi connectivity index (χ4n) is 0.841. The normalized spacial score (nSPS) is 15.6. The van der Waals surface area contributed by atoms with Crippen molar-refractivity contribution in [3.8, 4) is 0 Å². The van der Waals surface area contributed by atoms with Gasteiger partial charge in [0.05, 0.1) is 0 Å². The van der Waals surface area contributed by atoms with Crippen molar-refractivity contribution >= 4 is 14.3 Å². The van der Waals surface area contributed by atoms with Crippen LogP contribution in [0.5, 0.6) is 0 Å². The lowest BCUT2D eigenvalue weighted by Crippen LogP contribution is -2.45. The first-order chi connectivity index (χ1) is 6.62. The molecule has 0 aliphatic carbocycles. The van der Waals surface area contributed by atoms with Gasteiger partial charge in [-0.3, -0.25) is 0 Å². The van der Waals surface area contributed by atoms with Crippen LogP contribution in [-0.2, 0) is 9.22 Å². The molecule has 0 aromatic rings. The molecule has 0 aliphatic heterocycles. The molecule has 3 nitrogen and oxygen atoms in total. The van der Waals surface area contributed by atoms with Gasteiger partial charge in [-0.05, 0) is 25.1 Å². The third-order valence-corrected chi connectivity index (χ3v) is 7.29. The zero-order valence-corrected chi connectivity index (χ0v) is 11.5. The Balaban J connectivity index is 4.75. The second-order valence-electron chi connectivity index (χ2n) is 5.16. The van der Waals surface area contributed by atoms with Crippen molar-refractivity contribution in [3.05, 3.63) is 12.2 Å². The summed E-state index contributed by atoms with van der Waals surface area (Å²) in [6.07, 6.45) is 2.49. The Bertz CT molecular complexity index is 251. The third kappa shape index (κ3) is 4.18. The second-order valence-corrected chi connectivity index (χ2v) is 9.92. The van der Waals surface area contributed by atoms with E-state index in [1.807, 2.05) is 13.1 Å². The van der Waals surface area contributed by atoms with Gasteiger partial charge in [0, 0.05) is 0 Å². The van der Waals surface area contributed by atoms with Crippen LogP contribution in [0.15, 0.2) is 12.2 Å². The van der Waals surface area contributed by atoms with E-state index in [0.29, 0.717) is 0 Å². The van der Waals surface area contributed by atoms with E-state index in [0.717, 1.165) is 0 Å². The molecule has 1 unspecified atom stereocenters. The van der Waals surface area contributed by atoms with Gasteiger partial charge < -0.3 is 9.53 Å². The molecule has 0 radical (unpaired) electrons. The standard InChI is InChI=1S/C11H22O3Si/c1-7-8-9(10(12)13)14-15(5,6)11(2,3)4/h7-9H,1-6H3,(H,12,13)/b8-7+. The number of rotatable bonds is 4. The smallest absolute Gasteiger partial charge is 0.335 e. The summed E-state index contributed by atoms with van der Waals surface area (Å²) in [6, 6.07) is 0. The number of hydrogen-bond donors (Lipinski definition) is 1. The Hall–Kier alpha value is -0.613. The SMILES string of the molecule is C/C=C/C(O[Si](C)(C)C(C)(C)C)C(=O)O. The fraction of sp³-hybridized carbons (Fsp3) is 0.727. The van der Waals surface area contributed by atoms with Gasteiger partial charge in [0.25, 0.3) is 0 Å². The van der Waals surface area contributed by atoms with Gasteiger partial charge in [-0.1, -0.05) is 32.9 Å². The maximum atomic E-state index is 10.9. The van der Waals surface area contributed by atoms with Crippen molar-refractivity contribution in [2.45, 2.75) is 51.9 Å². The molecule has 4 heteroatoms. The van der Waals surface area contributed by atoms with Crippen LogP contribution >= 0.6 is 0 Å². The van der Waals surface area contributed by atoms with Crippen LogP contribution in [0.2, 0.25) is 18.1 Å². The van der Waals surface area contributed by atoms with E-state index in [1.165, 1.54) is 0 Å². The van der Waals surface area contributed by atoms with E-state index in [4.69, 9.17) is 9.53 Å². The first kappa shape index (κ1) is 14.4. The quantitative estimate of drug-likeness (QED) is 0.596. The summed E-state index contributed by atoms with van der Waals surface area (Å²) < 4.78 is 5.76. The van der Waals surface area contributed by atoms with Gasteiger partial charge in [0.1, 0.15) is 0 Å². The second kappa shape index (κ2) is 4.94. The largest absolute Gasteiger partial charge is 0.479 e. The van der Waals surface area contributed by atoms with Gasteiger partial charge in [-0.25, -0.2) is 4.79 Å². The van der Waals surface area contributed by atoms with Gasteiger partial charge in [-0.2, -0.15) is 0 Å². The monoisotopic (exact) mass is 230 g/mol. The number of carboxylic acid groups (broad SMARTS) is 1. The highest BCUT2D eigenvalue weighted by atomic mass is 28.4. The summed E-state index contributed by atoms with van der Waals surface area (Å²) in [6.45, 7) is 12.2. The van der Waals surface area contributed by atoms with Crippen molar-refractivity contribution < 1.29 is 14.3 Å². The first-order valence-electron chi connectivity index (χ1n) is 5.15. The van der Waals surface area contributed by atoms with Crippen LogP contribution in [0.25, 0.3) is 0 Å². The summed E-state index contributed by atoms with van der Waals surface area (Å²) in [5.41, 5.74) is 0. The first-order valence-corrected chi connectivity index (χ1v) is 8.06. The highest BCUT2D eigenvalue weighted by Crippen LogP contribution is 2.37. The molecule has 0 rings (SSSR count). The lowest BCUT2D eigenvalue weighted by molar-refractivity contribution is -0.143. The Kier molecular flexibility index (Phi) is 4.74. The average Bonchev–Trinajstić information content (AvgIpc) is 2.00. The molecule has 0 fully saturated rings. The maximum absolute atomic E-state index is 10.9. The number of allylic oxidation sites excluding steroid dienone is 1. The summed E-state index contributed by atoms with van der Waals surface area (Å²) in [7, 11) is -2.00. The molecule has 0 aliphatic rings. The number of carbonyl (C=O) groups is 1. The Morgan fingerprint density at radius 2 is 1.87 bits per heavy atom. The molecule has 0 saturated heterocycles. The third-order valence-electron chi connectivity index (χ3n) is 2.84. The minimum Gasteiger partial charge on any atom is -0.479 e. The molecule has 15 heavy (non-hydrogen) atoms. The van der Waals surface area contributed by atoms with Gasteiger partial charge in [0.2, 0.25) is 0 Å². The van der Waals surface area contributed by atoms with E-state index < -0.39 is 20.4 Å². The van der Waals surface area contributed by atoms with Gasteiger partial charge in [0.15, 0.2) is 14.4 Å². The van der Waals surface area contributed by atoms with E-state index >= 15 is 0 Å². The van der Waals surface area contributed by atoms with Crippen LogP contribution in [0.4, 0.5) is 0 Å². The highest BCUT2D eigenvalue weighted by Gasteiger charge is 2.40. The van der Waals surface area contributed by atoms with Crippen molar-refractivity contribution in [1.29, 1.82) is 0 Å². The molecule has 1 atom stereocenters. The van der Waals surface area contributed by atoms with Crippen molar-refractivity contribution in [2.24, 2.45) is 0 Å². The number of carboxylic acids is 1. The molecule has 0 spiro atoms. The van der Waals surface area contributed by atoms with E-state index in [2.05, 4.69) is 20.8 Å². The van der Waals surface area contributed by atoms with Crippen LogP contribution in [0.3, 0.4) is 0 Å². The Morgan fingerprint density at radius 3 is 2.13 bits per heavy atom. The molecule has 0 aromatic carbocycles. The number of aliphatic carboxylic acids is 1. The molecule has 0 aromatic heterocycles. The van der Waals surface area contributed by atoms with Crippen molar-refractivity contribution in [2.75, 3.05) is 0 Å². The molecule has 1 N–H and O–H groups in total. The summed E-state index contributed by atoms with van der Waals surface area (Å²) >= 11 is 0. The van der Waals surface area contributed by atoms with Crippen LogP contribution < -0.4 is 0 Å². The Morgan fingerprint density at radius 1 is 1.40 bits per heavy atom. The predicted molar refractivity (Wildman–Crippen MR) is 64.5 cm³/mol. The molecular weight excluding hydrogens is 208 g/mol. The van der Waals surface area contributed by atoms with E-state index in [-0.39, 0.29) is 5.04 Å². The molecule has 88 valence electrons. The number of hydrogen-bond acceptors (Lipinski definition) is 2. The molecule has 0 saturated carbocycles. The van der Waals surface area contributed by atoms with E-state index in [1.54, 1.807) is 19.1 Å². The lowest BCUT2D eigenvalue weighted by atomic mass is 10.2. The predicted octanol–water partition coefficient (Wildman–Crippen LogP) is 3.04. The molecule has 0 amide bonds. The van der Waals surface area contributed by atoms with Crippen molar-refractivity contribution in [1.82, 2.24) is 0 Å². The van der Waals surface area contributed by atoms with Crippen LogP contribution in [-0.4, -0.2) is 25.5 Å².